The van der Waals surface area contributed by atoms with Crippen LogP contribution in [-0.4, -0.2) is 11.7 Å². The first-order valence-electron chi connectivity index (χ1n) is 5.93. The molecule has 0 radical (unpaired) electrons. The molecule has 0 aromatic heterocycles. The highest BCUT2D eigenvalue weighted by molar-refractivity contribution is 9.10. The van der Waals surface area contributed by atoms with E-state index < -0.39 is 5.60 Å². The van der Waals surface area contributed by atoms with Crippen molar-refractivity contribution in [2.75, 3.05) is 6.61 Å². The Labute approximate surface area is 108 Å². The molecule has 0 bridgehead atoms. The van der Waals surface area contributed by atoms with Gasteiger partial charge in [-0.05, 0) is 59.7 Å². The topological polar surface area (TPSA) is 29.5 Å². The second-order valence-electron chi connectivity index (χ2n) is 5.05. The van der Waals surface area contributed by atoms with Gasteiger partial charge in [0, 0.05) is 5.56 Å². The first-order chi connectivity index (χ1) is 8.08. The maximum atomic E-state index is 13.4. The maximum Gasteiger partial charge on any atom is 0.139 e. The molecule has 0 spiro atoms. The van der Waals surface area contributed by atoms with Gasteiger partial charge < -0.3 is 9.84 Å². The van der Waals surface area contributed by atoms with Gasteiger partial charge >= 0.3 is 0 Å². The van der Waals surface area contributed by atoms with E-state index in [9.17, 15) is 9.50 Å². The number of hydrogen-bond donors (Lipinski definition) is 1. The van der Waals surface area contributed by atoms with Gasteiger partial charge in [0.2, 0.25) is 0 Å². The zero-order valence-electron chi connectivity index (χ0n) is 9.38. The van der Waals surface area contributed by atoms with Crippen molar-refractivity contribution < 1.29 is 14.2 Å². The minimum absolute atomic E-state index is 0.342. The lowest BCUT2D eigenvalue weighted by molar-refractivity contribution is 0.144. The van der Waals surface area contributed by atoms with Crippen LogP contribution in [-0.2, 0) is 5.60 Å². The minimum atomic E-state index is -0.872. The van der Waals surface area contributed by atoms with Crippen LogP contribution in [0.2, 0.25) is 0 Å². The molecule has 0 amide bonds. The van der Waals surface area contributed by atoms with E-state index >= 15 is 0 Å². The first kappa shape index (κ1) is 11.5. The van der Waals surface area contributed by atoms with Crippen LogP contribution in [0.3, 0.4) is 0 Å². The molecule has 4 heteroatoms. The van der Waals surface area contributed by atoms with E-state index in [4.69, 9.17) is 4.74 Å². The van der Waals surface area contributed by atoms with Gasteiger partial charge in [0.1, 0.15) is 11.6 Å². The Balaban J connectivity index is 1.92. The zero-order valence-corrected chi connectivity index (χ0v) is 11.0. The van der Waals surface area contributed by atoms with E-state index in [0.717, 1.165) is 0 Å². The largest absolute Gasteiger partial charge is 0.492 e. The van der Waals surface area contributed by atoms with E-state index in [-0.39, 0.29) is 5.82 Å². The smallest absolute Gasteiger partial charge is 0.139 e. The summed E-state index contributed by atoms with van der Waals surface area (Å²) in [7, 11) is 0. The van der Waals surface area contributed by atoms with Crippen molar-refractivity contribution in [2.24, 2.45) is 5.92 Å². The molecule has 92 valence electrons. The van der Waals surface area contributed by atoms with Crippen LogP contribution >= 0.6 is 15.9 Å². The van der Waals surface area contributed by atoms with Crippen LogP contribution in [0.15, 0.2) is 16.6 Å². The fraction of sp³-hybridized carbons (Fsp3) is 0.538. The molecule has 2 nitrogen and oxygen atoms in total. The first-order valence-corrected chi connectivity index (χ1v) is 6.72. The van der Waals surface area contributed by atoms with Crippen molar-refractivity contribution in [2.45, 2.75) is 31.3 Å². The Hall–Kier alpha value is -0.610. The van der Waals surface area contributed by atoms with Gasteiger partial charge in [-0.2, -0.15) is 0 Å². The summed E-state index contributed by atoms with van der Waals surface area (Å²) in [5, 5.41) is 10.1. The molecule has 0 aliphatic heterocycles. The van der Waals surface area contributed by atoms with Crippen LogP contribution in [0.25, 0.3) is 0 Å². The standard InChI is InChI=1S/C13H14BrFO2/c14-11-6-9(15)5-10(13(16)3-4-13)12(11)17-7-8-1-2-8/h5-6,8,16H,1-4,7H2. The number of rotatable bonds is 4. The van der Waals surface area contributed by atoms with Crippen LogP contribution in [0, 0.1) is 11.7 Å². The zero-order chi connectivity index (χ0) is 12.0. The van der Waals surface area contributed by atoms with Gasteiger partial charge in [0.15, 0.2) is 0 Å². The molecule has 2 aliphatic rings. The third-order valence-corrected chi connectivity index (χ3v) is 3.98. The highest BCUT2D eigenvalue weighted by Gasteiger charge is 2.45. The summed E-state index contributed by atoms with van der Waals surface area (Å²) in [6.07, 6.45) is 3.78. The highest BCUT2D eigenvalue weighted by atomic mass is 79.9. The van der Waals surface area contributed by atoms with Gasteiger partial charge in [-0.25, -0.2) is 4.39 Å². The van der Waals surface area contributed by atoms with Gasteiger partial charge in [0.05, 0.1) is 16.7 Å². The quantitative estimate of drug-likeness (QED) is 0.924. The van der Waals surface area contributed by atoms with Crippen molar-refractivity contribution in [3.8, 4) is 5.75 Å². The molecule has 0 unspecified atom stereocenters. The van der Waals surface area contributed by atoms with Gasteiger partial charge in [-0.15, -0.1) is 0 Å². The van der Waals surface area contributed by atoms with Crippen molar-refractivity contribution in [1.29, 1.82) is 0 Å². The Morgan fingerprint density at radius 1 is 1.41 bits per heavy atom. The summed E-state index contributed by atoms with van der Waals surface area (Å²) in [6, 6.07) is 2.78. The third-order valence-electron chi connectivity index (χ3n) is 3.39. The van der Waals surface area contributed by atoms with Crippen LogP contribution in [0.5, 0.6) is 5.75 Å². The lowest BCUT2D eigenvalue weighted by atomic mass is 10.1. The summed E-state index contributed by atoms with van der Waals surface area (Å²) in [5.74, 6) is 0.901. The fourth-order valence-corrected chi connectivity index (χ4v) is 2.47. The van der Waals surface area contributed by atoms with E-state index in [1.165, 1.54) is 25.0 Å². The maximum absolute atomic E-state index is 13.4. The fourth-order valence-electron chi connectivity index (χ4n) is 1.93. The average Bonchev–Trinajstić information content (AvgIpc) is 3.13. The van der Waals surface area contributed by atoms with E-state index in [2.05, 4.69) is 15.9 Å². The number of aliphatic hydroxyl groups is 1. The molecule has 0 heterocycles. The average molecular weight is 301 g/mol. The lowest BCUT2D eigenvalue weighted by Gasteiger charge is -2.17. The molecule has 17 heavy (non-hydrogen) atoms. The third kappa shape index (κ3) is 2.33. The highest BCUT2D eigenvalue weighted by Crippen LogP contribution is 2.51. The summed E-state index contributed by atoms with van der Waals surface area (Å²) < 4.78 is 19.7. The van der Waals surface area contributed by atoms with Crippen LogP contribution < -0.4 is 4.74 Å². The minimum Gasteiger partial charge on any atom is -0.492 e. The number of halogens is 2. The molecule has 0 saturated heterocycles. The predicted octanol–water partition coefficient (Wildman–Crippen LogP) is 3.36. The SMILES string of the molecule is OC1(c2cc(F)cc(Br)c2OCC2CC2)CC1. The predicted molar refractivity (Wildman–Crippen MR) is 65.4 cm³/mol. The molecular weight excluding hydrogens is 287 g/mol. The van der Waals surface area contributed by atoms with Crippen LogP contribution in [0.4, 0.5) is 4.39 Å². The van der Waals surface area contributed by atoms with E-state index in [1.54, 1.807) is 0 Å². The molecular formula is C13H14BrFO2. The van der Waals surface area contributed by atoms with Gasteiger partial charge in [-0.1, -0.05) is 0 Å². The van der Waals surface area contributed by atoms with Crippen LogP contribution in [0.1, 0.15) is 31.2 Å². The van der Waals surface area contributed by atoms with Crippen molar-refractivity contribution >= 4 is 15.9 Å². The van der Waals surface area contributed by atoms with Crippen molar-refractivity contribution in [1.82, 2.24) is 0 Å². The lowest BCUT2D eigenvalue weighted by Crippen LogP contribution is -2.10. The molecule has 2 saturated carbocycles. The molecule has 2 aliphatic carbocycles. The van der Waals surface area contributed by atoms with Crippen molar-refractivity contribution in [3.05, 3.63) is 28.0 Å². The molecule has 2 fully saturated rings. The second-order valence-corrected chi connectivity index (χ2v) is 5.90. The Bertz CT molecular complexity index is 453. The Morgan fingerprint density at radius 2 is 2.12 bits per heavy atom. The monoisotopic (exact) mass is 300 g/mol. The molecule has 1 N–H and O–H groups in total. The number of hydrogen-bond acceptors (Lipinski definition) is 2. The molecule has 3 rings (SSSR count). The van der Waals surface area contributed by atoms with E-state index in [0.29, 0.717) is 41.2 Å². The molecule has 1 aromatic carbocycles. The normalized spacial score (nSPS) is 21.4. The number of benzene rings is 1. The summed E-state index contributed by atoms with van der Waals surface area (Å²) in [4.78, 5) is 0. The summed E-state index contributed by atoms with van der Waals surface area (Å²) in [5.41, 5.74) is -0.284. The number of ether oxygens (including phenoxy) is 1. The summed E-state index contributed by atoms with van der Waals surface area (Å²) in [6.45, 7) is 0.660. The Morgan fingerprint density at radius 3 is 2.71 bits per heavy atom. The Kier molecular flexibility index (Phi) is 2.67. The van der Waals surface area contributed by atoms with Gasteiger partial charge in [0.25, 0.3) is 0 Å². The second kappa shape index (κ2) is 3.95. The van der Waals surface area contributed by atoms with Crippen molar-refractivity contribution in [3.63, 3.8) is 0 Å². The van der Waals surface area contributed by atoms with Gasteiger partial charge in [-0.3, -0.25) is 0 Å². The molecule has 1 aromatic rings. The van der Waals surface area contributed by atoms with E-state index in [1.807, 2.05) is 0 Å². The molecule has 0 atom stereocenters. The summed E-state index contributed by atoms with van der Waals surface area (Å²) >= 11 is 3.31.